The summed E-state index contributed by atoms with van der Waals surface area (Å²) in [6.45, 7) is 1.67. The van der Waals surface area contributed by atoms with Crippen molar-refractivity contribution in [3.63, 3.8) is 0 Å². The van der Waals surface area contributed by atoms with Gasteiger partial charge in [0, 0.05) is 11.5 Å². The summed E-state index contributed by atoms with van der Waals surface area (Å²) in [6, 6.07) is 7.14. The molecule has 120 valence electrons. The molecule has 0 amide bonds. The highest BCUT2D eigenvalue weighted by atomic mass is 16.6. The third-order valence-electron chi connectivity index (χ3n) is 5.47. The van der Waals surface area contributed by atoms with Gasteiger partial charge in [0.15, 0.2) is 12.4 Å². The molecule has 0 N–H and O–H groups in total. The fourth-order valence-corrected chi connectivity index (χ4v) is 4.38. The number of aryl methyl sites for hydroxylation is 1. The van der Waals surface area contributed by atoms with Gasteiger partial charge in [-0.05, 0) is 25.7 Å². The second-order valence-corrected chi connectivity index (χ2v) is 6.82. The van der Waals surface area contributed by atoms with Crippen LogP contribution in [0.1, 0.15) is 28.8 Å². The zero-order valence-electron chi connectivity index (χ0n) is 12.9. The minimum atomic E-state index is -0.433. The fraction of sp³-hybridized carbons (Fsp3) is 0.500. The number of carbonyl (C=O) groups excluding carboxylic acids is 3. The highest BCUT2D eigenvalue weighted by Gasteiger charge is 2.64. The van der Waals surface area contributed by atoms with Crippen molar-refractivity contribution >= 4 is 17.7 Å². The van der Waals surface area contributed by atoms with Gasteiger partial charge < -0.3 is 9.47 Å². The fourth-order valence-electron chi connectivity index (χ4n) is 4.38. The predicted molar refractivity (Wildman–Crippen MR) is 79.5 cm³/mol. The van der Waals surface area contributed by atoms with E-state index in [2.05, 4.69) is 0 Å². The molecule has 23 heavy (non-hydrogen) atoms. The molecule has 2 bridgehead atoms. The molecule has 1 aliphatic heterocycles. The van der Waals surface area contributed by atoms with E-state index in [0.717, 1.165) is 18.4 Å². The van der Waals surface area contributed by atoms with E-state index in [1.807, 2.05) is 19.1 Å². The zero-order valence-corrected chi connectivity index (χ0v) is 12.9. The summed E-state index contributed by atoms with van der Waals surface area (Å²) >= 11 is 0. The van der Waals surface area contributed by atoms with Crippen molar-refractivity contribution in [1.82, 2.24) is 0 Å². The number of esters is 2. The average Bonchev–Trinajstić information content (AvgIpc) is 3.14. The summed E-state index contributed by atoms with van der Waals surface area (Å²) < 4.78 is 10.5. The topological polar surface area (TPSA) is 69.7 Å². The Morgan fingerprint density at radius 3 is 2.70 bits per heavy atom. The van der Waals surface area contributed by atoms with Gasteiger partial charge in [-0.3, -0.25) is 14.4 Å². The smallest absolute Gasteiger partial charge is 0.310 e. The first kappa shape index (κ1) is 14.4. The minimum Gasteiger partial charge on any atom is -0.462 e. The Bertz CT molecular complexity index is 675. The van der Waals surface area contributed by atoms with Crippen LogP contribution in [0.15, 0.2) is 24.3 Å². The van der Waals surface area contributed by atoms with Crippen molar-refractivity contribution < 1.29 is 23.9 Å². The number of ether oxygens (including phenoxy) is 2. The number of rotatable bonds is 4. The SMILES string of the molecule is Cc1ccc(C(=O)COC(=O)[C@@H]2[C@@H]3C[C@@H]4[C@H]2C(=O)O[C@H]4C3)cc1. The lowest BCUT2D eigenvalue weighted by molar-refractivity contribution is -0.154. The third kappa shape index (κ3) is 2.26. The van der Waals surface area contributed by atoms with Gasteiger partial charge in [-0.15, -0.1) is 0 Å². The van der Waals surface area contributed by atoms with Crippen LogP contribution in [-0.2, 0) is 19.1 Å². The van der Waals surface area contributed by atoms with Crippen LogP contribution in [-0.4, -0.2) is 30.4 Å². The van der Waals surface area contributed by atoms with Crippen LogP contribution in [0.25, 0.3) is 0 Å². The standard InChI is InChI=1S/C18H18O5/c1-9-2-4-10(5-3-9)13(19)8-22-17(20)15-11-6-12-14(7-11)23-18(21)16(12)15/h2-5,11-12,14-16H,6-8H2,1H3/t11-,12+,14+,15-,16-/m1/s1. The van der Waals surface area contributed by atoms with Crippen molar-refractivity contribution in [3.8, 4) is 0 Å². The van der Waals surface area contributed by atoms with Gasteiger partial charge in [-0.1, -0.05) is 29.8 Å². The molecule has 5 atom stereocenters. The monoisotopic (exact) mass is 314 g/mol. The van der Waals surface area contributed by atoms with Crippen LogP contribution >= 0.6 is 0 Å². The van der Waals surface area contributed by atoms with Gasteiger partial charge in [-0.25, -0.2) is 0 Å². The summed E-state index contributed by atoms with van der Waals surface area (Å²) in [5.74, 6) is -1.40. The summed E-state index contributed by atoms with van der Waals surface area (Å²) in [4.78, 5) is 36.4. The molecule has 1 saturated heterocycles. The first-order chi connectivity index (χ1) is 11.0. The number of Topliss-reactive ketones (excluding diaryl/α,β-unsaturated/α-hetero) is 1. The Morgan fingerprint density at radius 1 is 1.22 bits per heavy atom. The number of hydrogen-bond donors (Lipinski definition) is 0. The van der Waals surface area contributed by atoms with E-state index < -0.39 is 11.9 Å². The highest BCUT2D eigenvalue weighted by molar-refractivity contribution is 5.98. The van der Waals surface area contributed by atoms with Crippen LogP contribution in [0.2, 0.25) is 0 Å². The number of ketones is 1. The average molecular weight is 314 g/mol. The minimum absolute atomic E-state index is 0.00394. The Labute approximate surface area is 134 Å². The van der Waals surface area contributed by atoms with Gasteiger partial charge in [0.2, 0.25) is 0 Å². The van der Waals surface area contributed by atoms with Gasteiger partial charge in [0.1, 0.15) is 6.10 Å². The summed E-state index contributed by atoms with van der Waals surface area (Å²) in [7, 11) is 0. The van der Waals surface area contributed by atoms with Crippen LogP contribution in [0.4, 0.5) is 0 Å². The number of carbonyl (C=O) groups is 3. The van der Waals surface area contributed by atoms with E-state index >= 15 is 0 Å². The molecule has 1 aromatic rings. The molecule has 0 aromatic heterocycles. The highest BCUT2D eigenvalue weighted by Crippen LogP contribution is 2.57. The second kappa shape index (κ2) is 5.18. The van der Waals surface area contributed by atoms with Crippen LogP contribution < -0.4 is 0 Å². The van der Waals surface area contributed by atoms with Gasteiger partial charge >= 0.3 is 11.9 Å². The van der Waals surface area contributed by atoms with E-state index in [9.17, 15) is 14.4 Å². The third-order valence-corrected chi connectivity index (χ3v) is 5.47. The molecule has 3 aliphatic rings. The van der Waals surface area contributed by atoms with Crippen LogP contribution in [0.5, 0.6) is 0 Å². The molecule has 0 spiro atoms. The lowest BCUT2D eigenvalue weighted by Gasteiger charge is -2.22. The Hall–Kier alpha value is -2.17. The maximum absolute atomic E-state index is 12.4. The van der Waals surface area contributed by atoms with E-state index in [4.69, 9.17) is 9.47 Å². The predicted octanol–water partition coefficient (Wildman–Crippen LogP) is 1.92. The Morgan fingerprint density at radius 2 is 1.96 bits per heavy atom. The van der Waals surface area contributed by atoms with Crippen molar-refractivity contribution in [2.24, 2.45) is 23.7 Å². The molecule has 3 fully saturated rings. The van der Waals surface area contributed by atoms with E-state index in [-0.39, 0.29) is 42.2 Å². The number of hydrogen-bond acceptors (Lipinski definition) is 5. The molecule has 1 heterocycles. The Kier molecular flexibility index (Phi) is 3.25. The van der Waals surface area contributed by atoms with Gasteiger partial charge in [-0.2, -0.15) is 0 Å². The zero-order chi connectivity index (χ0) is 16.1. The molecule has 4 rings (SSSR count). The van der Waals surface area contributed by atoms with Gasteiger partial charge in [0.05, 0.1) is 11.8 Å². The summed E-state index contributed by atoms with van der Waals surface area (Å²) in [6.07, 6.45) is 1.60. The van der Waals surface area contributed by atoms with Crippen molar-refractivity contribution in [1.29, 1.82) is 0 Å². The van der Waals surface area contributed by atoms with Crippen LogP contribution in [0.3, 0.4) is 0 Å². The second-order valence-electron chi connectivity index (χ2n) is 6.82. The largest absolute Gasteiger partial charge is 0.462 e. The van der Waals surface area contributed by atoms with Gasteiger partial charge in [0.25, 0.3) is 0 Å². The van der Waals surface area contributed by atoms with E-state index in [1.54, 1.807) is 12.1 Å². The summed E-state index contributed by atoms with van der Waals surface area (Å²) in [5, 5.41) is 0. The van der Waals surface area contributed by atoms with Crippen LogP contribution in [0, 0.1) is 30.6 Å². The lowest BCUT2D eigenvalue weighted by Crippen LogP contribution is -2.34. The molecule has 5 nitrogen and oxygen atoms in total. The number of fused-ring (bicyclic) bond motifs is 1. The lowest BCUT2D eigenvalue weighted by atomic mass is 9.80. The molecule has 2 aliphatic carbocycles. The number of benzene rings is 1. The van der Waals surface area contributed by atoms with Crippen molar-refractivity contribution in [3.05, 3.63) is 35.4 Å². The maximum Gasteiger partial charge on any atom is 0.310 e. The molecule has 0 unspecified atom stereocenters. The van der Waals surface area contributed by atoms with Crippen molar-refractivity contribution in [2.45, 2.75) is 25.9 Å². The first-order valence-electron chi connectivity index (χ1n) is 8.01. The van der Waals surface area contributed by atoms with Crippen molar-refractivity contribution in [2.75, 3.05) is 6.61 Å². The molecular formula is C18H18O5. The van der Waals surface area contributed by atoms with E-state index in [0.29, 0.717) is 5.56 Å². The van der Waals surface area contributed by atoms with E-state index in [1.165, 1.54) is 0 Å². The summed E-state index contributed by atoms with van der Waals surface area (Å²) in [5.41, 5.74) is 1.59. The molecule has 0 radical (unpaired) electrons. The normalized spacial score (nSPS) is 33.6. The molecule has 5 heteroatoms. The molecular weight excluding hydrogens is 296 g/mol. The molecule has 1 aromatic carbocycles. The maximum atomic E-state index is 12.4. The molecule has 2 saturated carbocycles. The first-order valence-corrected chi connectivity index (χ1v) is 8.01. The Balaban J connectivity index is 1.40. The quantitative estimate of drug-likeness (QED) is 0.627.